The van der Waals surface area contributed by atoms with Gasteiger partial charge in [0.05, 0.1) is 0 Å². The van der Waals surface area contributed by atoms with Crippen LogP contribution in [-0.4, -0.2) is 13.1 Å². The van der Waals surface area contributed by atoms with Crippen LogP contribution >= 0.6 is 8.69 Å². The zero-order chi connectivity index (χ0) is 7.21. The molecule has 0 amide bonds. The molecule has 8 heavy (non-hydrogen) atoms. The molecule has 0 heterocycles. The lowest BCUT2D eigenvalue weighted by Gasteiger charge is -2.02. The Morgan fingerprint density at radius 3 is 1.50 bits per heavy atom. The third-order valence-electron chi connectivity index (χ3n) is 0. The molecule has 0 bridgehead atoms. The predicted octanol–water partition coefficient (Wildman–Crippen LogP) is 0.430. The van der Waals surface area contributed by atoms with Gasteiger partial charge < -0.3 is 10.3 Å². The average Bonchev–Trinajstić information content (AvgIpc) is 1.27. The topological polar surface area (TPSA) is 63.3 Å². The molecular weight excluding hydrogens is 141 g/mol. The van der Waals surface area contributed by atoms with Gasteiger partial charge in [0.25, 0.3) is 0 Å². The quantitative estimate of drug-likeness (QED) is 0.394. The number of nitrogens with two attached hydrogens (primary N) is 1. The molecule has 0 saturated heterocycles. The van der Waals surface area contributed by atoms with Gasteiger partial charge in [-0.3, -0.25) is 4.57 Å². The molecule has 0 saturated carbocycles. The van der Waals surface area contributed by atoms with Crippen LogP contribution in [0.25, 0.3) is 0 Å². The first-order chi connectivity index (χ1) is 3.41. The molecule has 0 aliphatic carbocycles. The van der Waals surface area contributed by atoms with Crippen LogP contribution in [0, 0.1) is 0 Å². The molecule has 0 aliphatic heterocycles. The Hall–Kier alpha value is 0.367. The Balaban J connectivity index is 0. The van der Waals surface area contributed by atoms with Crippen LogP contribution in [0.4, 0.5) is 0 Å². The molecule has 52 valence electrons. The minimum atomic E-state index is -1.50. The molecule has 0 aromatic carbocycles. The van der Waals surface area contributed by atoms with Crippen LogP contribution in [0.5, 0.6) is 0 Å². The van der Waals surface area contributed by atoms with Crippen molar-refractivity contribution in [1.82, 2.24) is 0 Å². The van der Waals surface area contributed by atoms with Crippen LogP contribution in [0.3, 0.4) is 0 Å². The van der Waals surface area contributed by atoms with E-state index in [1.54, 1.807) is 0 Å². The Morgan fingerprint density at radius 2 is 1.50 bits per heavy atom. The molecule has 0 spiro atoms. The van der Waals surface area contributed by atoms with E-state index in [1.165, 1.54) is 0 Å². The summed E-state index contributed by atoms with van der Waals surface area (Å²) in [6, 6.07) is 0. The first kappa shape index (κ1) is 11.2. The standard InChI is InChI=1S/C3H11NSi.H3O2P/c1-5(2,3)4;1-3-2/h4H2,1-3H3;3H2,(H,1,2). The molecule has 1 atom stereocenters. The van der Waals surface area contributed by atoms with Gasteiger partial charge >= 0.3 is 0 Å². The molecule has 3 N–H and O–H groups in total. The fourth-order valence-corrected chi connectivity index (χ4v) is 0. The van der Waals surface area contributed by atoms with Gasteiger partial charge in [-0.05, 0) is 0 Å². The van der Waals surface area contributed by atoms with E-state index in [2.05, 4.69) is 19.6 Å². The largest absolute Gasteiger partial charge is 0.351 e. The highest BCUT2D eigenvalue weighted by Gasteiger charge is 2.00. The van der Waals surface area contributed by atoms with Gasteiger partial charge in [-0.1, -0.05) is 19.6 Å². The molecule has 0 rings (SSSR count). The van der Waals surface area contributed by atoms with E-state index >= 15 is 0 Å². The van der Waals surface area contributed by atoms with Crippen molar-refractivity contribution < 1.29 is 9.46 Å². The van der Waals surface area contributed by atoms with E-state index in [1.807, 2.05) is 0 Å². The second-order valence-electron chi connectivity index (χ2n) is 2.47. The van der Waals surface area contributed by atoms with Crippen molar-refractivity contribution in [2.75, 3.05) is 0 Å². The number of rotatable bonds is 0. The first-order valence-electron chi connectivity index (χ1n) is 2.28. The van der Waals surface area contributed by atoms with Crippen LogP contribution in [-0.2, 0) is 4.57 Å². The Morgan fingerprint density at radius 1 is 1.50 bits per heavy atom. The lowest BCUT2D eigenvalue weighted by atomic mass is 11.8. The van der Waals surface area contributed by atoms with Crippen molar-refractivity contribution in [3.63, 3.8) is 0 Å². The highest BCUT2D eigenvalue weighted by molar-refractivity contribution is 7.16. The Labute approximate surface area is 52.3 Å². The van der Waals surface area contributed by atoms with E-state index in [9.17, 15) is 0 Å². The summed E-state index contributed by atoms with van der Waals surface area (Å²) in [6.07, 6.45) is 0. The zero-order valence-corrected chi connectivity index (χ0v) is 7.66. The van der Waals surface area contributed by atoms with Gasteiger partial charge in [0.1, 0.15) is 8.24 Å². The lowest BCUT2D eigenvalue weighted by Crippen LogP contribution is -2.32. The van der Waals surface area contributed by atoms with Crippen LogP contribution in [0.1, 0.15) is 0 Å². The highest BCUT2D eigenvalue weighted by Crippen LogP contribution is 1.83. The van der Waals surface area contributed by atoms with Gasteiger partial charge in [-0.2, -0.15) is 0 Å². The molecule has 1 unspecified atom stereocenters. The van der Waals surface area contributed by atoms with E-state index in [0.717, 1.165) is 0 Å². The van der Waals surface area contributed by atoms with Crippen LogP contribution in [0.2, 0.25) is 19.6 Å². The summed E-state index contributed by atoms with van der Waals surface area (Å²) in [5.74, 6) is 0. The maximum Gasteiger partial charge on any atom is 0.177 e. The normalized spacial score (nSPS) is 11.1. The monoisotopic (exact) mass is 155 g/mol. The van der Waals surface area contributed by atoms with E-state index < -0.39 is 16.9 Å². The molecule has 0 radical (unpaired) electrons. The van der Waals surface area contributed by atoms with E-state index in [4.69, 9.17) is 14.9 Å². The van der Waals surface area contributed by atoms with Crippen molar-refractivity contribution in [1.29, 1.82) is 0 Å². The molecule has 3 nitrogen and oxygen atoms in total. The minimum absolute atomic E-state index is 1.11. The smallest absolute Gasteiger partial charge is 0.177 e. The Kier molecular flexibility index (Phi) is 7.70. The summed E-state index contributed by atoms with van der Waals surface area (Å²) in [5.41, 5.74) is 0. The predicted molar refractivity (Wildman–Crippen MR) is 40.1 cm³/mol. The van der Waals surface area contributed by atoms with Gasteiger partial charge in [-0.15, -0.1) is 0 Å². The molecular formula is C3H14NO2PSi. The van der Waals surface area contributed by atoms with Crippen molar-refractivity contribution in [3.8, 4) is 0 Å². The van der Waals surface area contributed by atoms with Gasteiger partial charge in [0.2, 0.25) is 0 Å². The minimum Gasteiger partial charge on any atom is -0.351 e. The summed E-state index contributed by atoms with van der Waals surface area (Å²) >= 11 is 0. The van der Waals surface area contributed by atoms with Crippen LogP contribution in [0.15, 0.2) is 0 Å². The second kappa shape index (κ2) is 5.50. The molecule has 0 aromatic heterocycles. The van der Waals surface area contributed by atoms with Gasteiger partial charge in [-0.25, -0.2) is 0 Å². The van der Waals surface area contributed by atoms with E-state index in [0.29, 0.717) is 0 Å². The number of hydrogen-bond donors (Lipinski definition) is 2. The van der Waals surface area contributed by atoms with Crippen LogP contribution < -0.4 is 5.40 Å². The molecule has 0 aliphatic rings. The third-order valence-corrected chi connectivity index (χ3v) is 0. The lowest BCUT2D eigenvalue weighted by molar-refractivity contribution is 0.524. The maximum absolute atomic E-state index is 8.57. The summed E-state index contributed by atoms with van der Waals surface area (Å²) in [6.45, 7) is 6.31. The van der Waals surface area contributed by atoms with Gasteiger partial charge in [0.15, 0.2) is 8.69 Å². The zero-order valence-electron chi connectivity index (χ0n) is 5.51. The highest BCUT2D eigenvalue weighted by atomic mass is 31.1. The van der Waals surface area contributed by atoms with Crippen molar-refractivity contribution in [3.05, 3.63) is 0 Å². The third kappa shape index (κ3) is 1360. The first-order valence-corrected chi connectivity index (χ1v) is 6.85. The summed E-state index contributed by atoms with van der Waals surface area (Å²) in [7, 11) is -2.61. The summed E-state index contributed by atoms with van der Waals surface area (Å²) < 4.78 is 8.57. The van der Waals surface area contributed by atoms with E-state index in [-0.39, 0.29) is 0 Å². The maximum atomic E-state index is 8.57. The van der Waals surface area contributed by atoms with Gasteiger partial charge in [0, 0.05) is 0 Å². The fraction of sp³-hybridized carbons (Fsp3) is 1.00. The second-order valence-corrected chi connectivity index (χ2v) is 7.41. The van der Waals surface area contributed by atoms with Crippen molar-refractivity contribution >= 4 is 16.9 Å². The number of hydrogen-bond acceptors (Lipinski definition) is 2. The average molecular weight is 155 g/mol. The summed E-state index contributed by atoms with van der Waals surface area (Å²) in [4.78, 5) is 7.10. The van der Waals surface area contributed by atoms with Crippen molar-refractivity contribution in [2.24, 2.45) is 5.40 Å². The van der Waals surface area contributed by atoms with Crippen molar-refractivity contribution in [2.45, 2.75) is 19.6 Å². The summed E-state index contributed by atoms with van der Waals surface area (Å²) in [5, 5.41) is 5.49. The Bertz CT molecular complexity index is 56.8. The molecule has 0 aromatic rings. The fourth-order valence-electron chi connectivity index (χ4n) is 0. The SMILES string of the molecule is C[Si](C)(C)N.O=[PH2]O. The molecule has 5 heteroatoms. The molecule has 0 fully saturated rings.